The highest BCUT2D eigenvalue weighted by Crippen LogP contribution is 2.29. The summed E-state index contributed by atoms with van der Waals surface area (Å²) in [5, 5.41) is 0.606. The minimum atomic E-state index is 0.415. The number of hydrogen-bond acceptors (Lipinski definition) is 2. The predicted molar refractivity (Wildman–Crippen MR) is 69.9 cm³/mol. The number of benzene rings is 1. The zero-order valence-corrected chi connectivity index (χ0v) is 10.6. The third-order valence-corrected chi connectivity index (χ3v) is 2.68. The molecule has 0 saturated heterocycles. The van der Waals surface area contributed by atoms with Gasteiger partial charge >= 0.3 is 0 Å². The second kappa shape index (κ2) is 5.19. The number of aromatic nitrogens is 1. The highest BCUT2D eigenvalue weighted by atomic mass is 35.5. The molecule has 3 heteroatoms. The van der Waals surface area contributed by atoms with Crippen LogP contribution in [0.1, 0.15) is 25.3 Å². The number of ether oxygens (including phenoxy) is 1. The lowest BCUT2D eigenvalue weighted by molar-refractivity contribution is 0.454. The Morgan fingerprint density at radius 1 is 1.12 bits per heavy atom. The molecule has 1 aromatic heterocycles. The monoisotopic (exact) mass is 247 g/mol. The molecule has 1 aromatic carbocycles. The van der Waals surface area contributed by atoms with E-state index in [2.05, 4.69) is 24.9 Å². The van der Waals surface area contributed by atoms with E-state index in [-0.39, 0.29) is 0 Å². The molecule has 0 saturated carbocycles. The number of para-hydroxylation sites is 1. The first-order chi connectivity index (χ1) is 8.16. The Labute approximate surface area is 106 Å². The summed E-state index contributed by atoms with van der Waals surface area (Å²) in [7, 11) is 0. The molecule has 0 spiro atoms. The minimum Gasteiger partial charge on any atom is -0.439 e. The Balaban J connectivity index is 2.26. The van der Waals surface area contributed by atoms with Crippen LogP contribution in [0.3, 0.4) is 0 Å². The maximum atomic E-state index is 5.78. The van der Waals surface area contributed by atoms with Crippen LogP contribution in [0.15, 0.2) is 42.6 Å². The fourth-order valence-electron chi connectivity index (χ4n) is 1.59. The van der Waals surface area contributed by atoms with Gasteiger partial charge in [0.2, 0.25) is 5.88 Å². The second-order valence-electron chi connectivity index (χ2n) is 4.11. The molecule has 0 aliphatic carbocycles. The molecule has 2 rings (SSSR count). The van der Waals surface area contributed by atoms with Crippen LogP contribution in [0.4, 0.5) is 0 Å². The molecule has 0 fully saturated rings. The largest absolute Gasteiger partial charge is 0.439 e. The summed E-state index contributed by atoms with van der Waals surface area (Å²) in [4.78, 5) is 4.12. The summed E-state index contributed by atoms with van der Waals surface area (Å²) in [6.45, 7) is 4.27. The van der Waals surface area contributed by atoms with Crippen LogP contribution in [0.5, 0.6) is 11.6 Å². The number of hydrogen-bond donors (Lipinski definition) is 0. The van der Waals surface area contributed by atoms with Crippen LogP contribution < -0.4 is 4.74 Å². The fourth-order valence-corrected chi connectivity index (χ4v) is 1.70. The average Bonchev–Trinajstić information content (AvgIpc) is 2.32. The lowest BCUT2D eigenvalue weighted by atomic mass is 10.0. The summed E-state index contributed by atoms with van der Waals surface area (Å²) in [6, 6.07) is 11.5. The van der Waals surface area contributed by atoms with E-state index in [1.165, 1.54) is 5.56 Å². The van der Waals surface area contributed by atoms with Crippen molar-refractivity contribution in [3.8, 4) is 11.6 Å². The van der Waals surface area contributed by atoms with E-state index in [4.69, 9.17) is 16.3 Å². The molecule has 0 N–H and O–H groups in total. The van der Waals surface area contributed by atoms with E-state index in [1.807, 2.05) is 18.2 Å². The van der Waals surface area contributed by atoms with Gasteiger partial charge in [0, 0.05) is 12.3 Å². The van der Waals surface area contributed by atoms with Gasteiger partial charge in [-0.1, -0.05) is 43.6 Å². The maximum absolute atomic E-state index is 5.78. The van der Waals surface area contributed by atoms with Crippen molar-refractivity contribution < 1.29 is 4.74 Å². The molecule has 0 atom stereocenters. The van der Waals surface area contributed by atoms with E-state index in [1.54, 1.807) is 18.3 Å². The molecule has 1 heterocycles. The van der Waals surface area contributed by atoms with Gasteiger partial charge in [-0.2, -0.15) is 0 Å². The van der Waals surface area contributed by atoms with Gasteiger partial charge in [0.15, 0.2) is 0 Å². The number of nitrogens with zero attached hydrogens (tertiary/aromatic N) is 1. The smallest absolute Gasteiger partial charge is 0.219 e. The van der Waals surface area contributed by atoms with Crippen molar-refractivity contribution in [2.24, 2.45) is 0 Å². The molecule has 0 unspecified atom stereocenters. The first kappa shape index (κ1) is 11.9. The SMILES string of the molecule is CC(C)c1ccccc1Oc1ccc(Cl)cn1. The van der Waals surface area contributed by atoms with Crippen molar-refractivity contribution in [2.45, 2.75) is 19.8 Å². The van der Waals surface area contributed by atoms with Crippen LogP contribution >= 0.6 is 11.6 Å². The lowest BCUT2D eigenvalue weighted by Crippen LogP contribution is -1.94. The molecule has 0 aliphatic heterocycles. The zero-order valence-electron chi connectivity index (χ0n) is 9.85. The molecule has 17 heavy (non-hydrogen) atoms. The van der Waals surface area contributed by atoms with Crippen LogP contribution in [-0.2, 0) is 0 Å². The van der Waals surface area contributed by atoms with Crippen molar-refractivity contribution in [1.82, 2.24) is 4.98 Å². The van der Waals surface area contributed by atoms with Gasteiger partial charge in [0.1, 0.15) is 5.75 Å². The lowest BCUT2D eigenvalue weighted by Gasteiger charge is -2.12. The van der Waals surface area contributed by atoms with Crippen molar-refractivity contribution in [1.29, 1.82) is 0 Å². The summed E-state index contributed by atoms with van der Waals surface area (Å²) in [5.41, 5.74) is 1.17. The van der Waals surface area contributed by atoms with Crippen molar-refractivity contribution >= 4 is 11.6 Å². The Morgan fingerprint density at radius 2 is 1.88 bits per heavy atom. The molecule has 2 aromatic rings. The predicted octanol–water partition coefficient (Wildman–Crippen LogP) is 4.65. The Morgan fingerprint density at radius 3 is 2.53 bits per heavy atom. The molecule has 88 valence electrons. The Bertz CT molecular complexity index is 494. The van der Waals surface area contributed by atoms with Gasteiger partial charge in [0.05, 0.1) is 5.02 Å². The highest BCUT2D eigenvalue weighted by Gasteiger charge is 2.08. The quantitative estimate of drug-likeness (QED) is 0.788. The van der Waals surface area contributed by atoms with Crippen molar-refractivity contribution in [2.75, 3.05) is 0 Å². The van der Waals surface area contributed by atoms with Crippen LogP contribution in [-0.4, -0.2) is 4.98 Å². The molecule has 0 aliphatic rings. The van der Waals surface area contributed by atoms with E-state index in [0.29, 0.717) is 16.8 Å². The Kier molecular flexibility index (Phi) is 3.64. The fraction of sp³-hybridized carbons (Fsp3) is 0.214. The first-order valence-electron chi connectivity index (χ1n) is 5.55. The summed E-state index contributed by atoms with van der Waals surface area (Å²) < 4.78 is 5.76. The standard InChI is InChI=1S/C14H14ClNO/c1-10(2)12-5-3-4-6-13(12)17-14-8-7-11(15)9-16-14/h3-10H,1-2H3. The molecule has 0 bridgehead atoms. The number of halogens is 1. The summed E-state index contributed by atoms with van der Waals surface area (Å²) >= 11 is 5.78. The maximum Gasteiger partial charge on any atom is 0.219 e. The summed E-state index contributed by atoms with van der Waals surface area (Å²) in [5.74, 6) is 1.82. The third kappa shape index (κ3) is 2.98. The molecule has 2 nitrogen and oxygen atoms in total. The van der Waals surface area contributed by atoms with E-state index < -0.39 is 0 Å². The zero-order chi connectivity index (χ0) is 12.3. The third-order valence-electron chi connectivity index (χ3n) is 2.46. The van der Waals surface area contributed by atoms with Crippen molar-refractivity contribution in [3.05, 3.63) is 53.2 Å². The molecule has 0 amide bonds. The van der Waals surface area contributed by atoms with Gasteiger partial charge in [-0.3, -0.25) is 0 Å². The van der Waals surface area contributed by atoms with Crippen LogP contribution in [0, 0.1) is 0 Å². The van der Waals surface area contributed by atoms with E-state index in [9.17, 15) is 0 Å². The first-order valence-corrected chi connectivity index (χ1v) is 5.93. The Hall–Kier alpha value is -1.54. The van der Waals surface area contributed by atoms with Crippen LogP contribution in [0.25, 0.3) is 0 Å². The normalized spacial score (nSPS) is 10.6. The van der Waals surface area contributed by atoms with Crippen LogP contribution in [0.2, 0.25) is 5.02 Å². The molecular formula is C14H14ClNO. The van der Waals surface area contributed by atoms with Crippen molar-refractivity contribution in [3.63, 3.8) is 0 Å². The van der Waals surface area contributed by atoms with E-state index >= 15 is 0 Å². The topological polar surface area (TPSA) is 22.1 Å². The summed E-state index contributed by atoms with van der Waals surface area (Å²) in [6.07, 6.45) is 1.58. The van der Waals surface area contributed by atoms with Gasteiger partial charge in [0.25, 0.3) is 0 Å². The minimum absolute atomic E-state index is 0.415. The number of pyridine rings is 1. The van der Waals surface area contributed by atoms with Gasteiger partial charge in [-0.25, -0.2) is 4.98 Å². The molecule has 0 radical (unpaired) electrons. The van der Waals surface area contributed by atoms with Gasteiger partial charge < -0.3 is 4.74 Å². The highest BCUT2D eigenvalue weighted by molar-refractivity contribution is 6.30. The average molecular weight is 248 g/mol. The second-order valence-corrected chi connectivity index (χ2v) is 4.55. The van der Waals surface area contributed by atoms with E-state index in [0.717, 1.165) is 5.75 Å². The molecular weight excluding hydrogens is 234 g/mol. The van der Waals surface area contributed by atoms with Gasteiger partial charge in [-0.05, 0) is 23.6 Å². The number of rotatable bonds is 3. The van der Waals surface area contributed by atoms with Gasteiger partial charge in [-0.15, -0.1) is 0 Å².